The maximum absolute atomic E-state index is 15.5. The minimum absolute atomic E-state index is 0.0563. The molecule has 0 radical (unpaired) electrons. The molecule has 8 nitrogen and oxygen atoms in total. The van der Waals surface area contributed by atoms with E-state index in [9.17, 15) is 4.79 Å². The van der Waals surface area contributed by atoms with Gasteiger partial charge in [0.2, 0.25) is 6.41 Å². The van der Waals surface area contributed by atoms with Crippen LogP contribution in [-0.2, 0) is 19.2 Å². The van der Waals surface area contributed by atoms with E-state index < -0.39 is 0 Å². The summed E-state index contributed by atoms with van der Waals surface area (Å²) in [6, 6.07) is 28.7. The average molecular weight is 1160 g/mol. The van der Waals surface area contributed by atoms with Gasteiger partial charge >= 0.3 is 0 Å². The molecule has 0 spiro atoms. The van der Waals surface area contributed by atoms with Crippen molar-refractivity contribution in [2.75, 3.05) is 26.2 Å². The fourth-order valence-corrected chi connectivity index (χ4v) is 14.7. The summed E-state index contributed by atoms with van der Waals surface area (Å²) in [7, 11) is 0. The maximum atomic E-state index is 15.5. The normalized spacial score (nSPS) is 17.0. The molecule has 4 aromatic rings. The molecule has 4 amide bonds. The van der Waals surface area contributed by atoms with E-state index in [1.54, 1.807) is 27.6 Å². The smallest absolute Gasteiger partial charge is 0.261 e. The number of carbonyl (C=O) groups excluding carboxylic acids is 4. The first-order chi connectivity index (χ1) is 39.8. The Kier molecular flexibility index (Phi) is 24.5. The van der Waals surface area contributed by atoms with Crippen molar-refractivity contribution in [2.24, 2.45) is 47.3 Å². The molecule has 5 heterocycles. The number of hydrogen-bond donors (Lipinski definition) is 0. The first-order valence-corrected chi connectivity index (χ1v) is 33.9. The van der Waals surface area contributed by atoms with Crippen LogP contribution in [0.3, 0.4) is 0 Å². The molecule has 10 heteroatoms. The van der Waals surface area contributed by atoms with E-state index in [0.717, 1.165) is 130 Å². The highest BCUT2D eigenvalue weighted by atomic mass is 32.1. The SMILES string of the molecule is CC1=C(c2ccc(-c3ccc(C4=C5C(=O)N(CCC(C)CCCC(C)C)C(c6ccccc6)=C5C(=O)N4CCC(C)CCCC(C)C)s3)s2)N(CCC(C)CCCC(C)C)C(=O)/C1=C(\c1ccccc1)N(C=O)CCC(C)CCCC(C)C. The summed E-state index contributed by atoms with van der Waals surface area (Å²) in [5, 5.41) is 0. The van der Waals surface area contributed by atoms with E-state index in [-0.39, 0.29) is 17.7 Å². The maximum Gasteiger partial charge on any atom is 0.261 e. The van der Waals surface area contributed by atoms with Crippen LogP contribution >= 0.6 is 22.7 Å². The van der Waals surface area contributed by atoms with E-state index >= 15 is 14.4 Å². The lowest BCUT2D eigenvalue weighted by molar-refractivity contribution is -0.124. The summed E-state index contributed by atoms with van der Waals surface area (Å²) < 4.78 is 0. The molecular formula is C73H102N4O4S2. The molecule has 0 bridgehead atoms. The lowest BCUT2D eigenvalue weighted by Crippen LogP contribution is -2.31. The minimum Gasteiger partial charge on any atom is -0.314 e. The fraction of sp³-hybridized carbons (Fsp3) is 0.562. The summed E-state index contributed by atoms with van der Waals surface area (Å²) in [5.74, 6) is 4.14. The van der Waals surface area contributed by atoms with E-state index in [0.29, 0.717) is 95.9 Å². The monoisotopic (exact) mass is 1160 g/mol. The molecule has 2 aromatic carbocycles. The van der Waals surface area contributed by atoms with E-state index in [1.807, 2.05) is 75.4 Å². The van der Waals surface area contributed by atoms with Crippen molar-refractivity contribution in [1.29, 1.82) is 0 Å². The molecule has 3 aliphatic rings. The predicted molar refractivity (Wildman–Crippen MR) is 352 cm³/mol. The van der Waals surface area contributed by atoms with E-state index in [2.05, 4.69) is 114 Å². The third kappa shape index (κ3) is 17.0. The van der Waals surface area contributed by atoms with Crippen LogP contribution < -0.4 is 0 Å². The van der Waals surface area contributed by atoms with Crippen LogP contribution in [0.2, 0.25) is 0 Å². The average Bonchev–Trinajstić information content (AvgIpc) is 1.74. The highest BCUT2D eigenvalue weighted by molar-refractivity contribution is 7.23. The fourth-order valence-electron chi connectivity index (χ4n) is 12.4. The van der Waals surface area contributed by atoms with Gasteiger partial charge < -0.3 is 19.6 Å². The molecule has 2 aromatic heterocycles. The second-order valence-electron chi connectivity index (χ2n) is 26.7. The molecule has 4 unspecified atom stereocenters. The van der Waals surface area contributed by atoms with Gasteiger partial charge in [-0.05, 0) is 121 Å². The molecule has 3 aliphatic heterocycles. The Labute approximate surface area is 509 Å². The summed E-state index contributed by atoms with van der Waals surface area (Å²) in [6.07, 6.45) is 18.2. The summed E-state index contributed by atoms with van der Waals surface area (Å²) in [4.78, 5) is 71.2. The zero-order chi connectivity index (χ0) is 59.9. The number of carbonyl (C=O) groups is 4. The Hall–Kier alpha value is -5.32. The third-order valence-electron chi connectivity index (χ3n) is 17.6. The predicted octanol–water partition coefficient (Wildman–Crippen LogP) is 19.1. The number of hydrogen-bond acceptors (Lipinski definition) is 6. The van der Waals surface area contributed by atoms with Gasteiger partial charge in [0.1, 0.15) is 0 Å². The largest absolute Gasteiger partial charge is 0.314 e. The van der Waals surface area contributed by atoms with Crippen molar-refractivity contribution in [3.63, 3.8) is 0 Å². The van der Waals surface area contributed by atoms with Crippen LogP contribution in [0.15, 0.2) is 107 Å². The second kappa shape index (κ2) is 31.2. The lowest BCUT2D eigenvalue weighted by atomic mass is 9.96. The van der Waals surface area contributed by atoms with Crippen LogP contribution in [0.5, 0.6) is 0 Å². The van der Waals surface area contributed by atoms with Crippen molar-refractivity contribution in [3.8, 4) is 9.75 Å². The topological polar surface area (TPSA) is 81.2 Å². The van der Waals surface area contributed by atoms with Gasteiger partial charge in [-0.15, -0.1) is 22.7 Å². The third-order valence-corrected chi connectivity index (χ3v) is 20.0. The number of benzene rings is 2. The van der Waals surface area contributed by atoms with Gasteiger partial charge in [0.05, 0.1) is 49.3 Å². The van der Waals surface area contributed by atoms with Crippen LogP contribution in [0, 0.1) is 47.3 Å². The van der Waals surface area contributed by atoms with Crippen molar-refractivity contribution >= 4 is 69.6 Å². The minimum atomic E-state index is -0.0805. The number of nitrogens with zero attached hydrogens (tertiary/aromatic N) is 4. The van der Waals surface area contributed by atoms with Crippen molar-refractivity contribution in [2.45, 2.75) is 193 Å². The summed E-state index contributed by atoms with van der Waals surface area (Å²) in [6.45, 7) is 31.7. The Bertz CT molecular complexity index is 2920. The first-order valence-electron chi connectivity index (χ1n) is 32.2. The van der Waals surface area contributed by atoms with Crippen LogP contribution in [0.25, 0.3) is 32.5 Å². The van der Waals surface area contributed by atoms with Gasteiger partial charge in [0.25, 0.3) is 17.7 Å². The standard InChI is InChI=1S/C73H102N4O4S2/c1-49(2)24-20-28-53(9)40-44-74(48-78)68(58-32-16-14-17-33-58)64-57(13)67(75(71(64)79)45-41-54(10)29-21-25-50(3)4)62-38-36-60(82-62)61-37-39-63(83-61)70-66-65(72(80)77(70)47-43-56(12)31-23-27-52(7)8)69(59-34-18-15-19-35-59)76(73(66)81)46-42-55(11)30-22-26-51(5)6/h14-19,32-39,48-56H,20-31,40-47H2,1-13H3/b68-64+. The highest BCUT2D eigenvalue weighted by Crippen LogP contribution is 2.50. The lowest BCUT2D eigenvalue weighted by Gasteiger charge is -2.26. The Morgan fingerprint density at radius 3 is 1.24 bits per heavy atom. The number of thiophene rings is 2. The Balaban J connectivity index is 1.29. The highest BCUT2D eigenvalue weighted by Gasteiger charge is 2.49. The van der Waals surface area contributed by atoms with Gasteiger partial charge in [-0.2, -0.15) is 0 Å². The van der Waals surface area contributed by atoms with Crippen LogP contribution in [0.4, 0.5) is 0 Å². The second-order valence-corrected chi connectivity index (χ2v) is 28.9. The molecule has 0 saturated heterocycles. The molecule has 0 aliphatic carbocycles. The van der Waals surface area contributed by atoms with Gasteiger partial charge in [-0.3, -0.25) is 19.2 Å². The molecule has 0 fully saturated rings. The Morgan fingerprint density at radius 1 is 0.434 bits per heavy atom. The van der Waals surface area contributed by atoms with Gasteiger partial charge in [0, 0.05) is 35.9 Å². The molecular weight excluding hydrogens is 1060 g/mol. The van der Waals surface area contributed by atoms with E-state index in [1.165, 1.54) is 32.1 Å². The van der Waals surface area contributed by atoms with Crippen LogP contribution in [0.1, 0.15) is 214 Å². The summed E-state index contributed by atoms with van der Waals surface area (Å²) >= 11 is 3.32. The number of rotatable bonds is 35. The number of fused-ring (bicyclic) bond motifs is 1. The van der Waals surface area contributed by atoms with Gasteiger partial charge in [-0.1, -0.05) is 221 Å². The Morgan fingerprint density at radius 2 is 0.807 bits per heavy atom. The van der Waals surface area contributed by atoms with E-state index in [4.69, 9.17) is 0 Å². The van der Waals surface area contributed by atoms with Crippen LogP contribution in [-0.4, -0.2) is 69.9 Å². The molecule has 4 atom stereocenters. The molecule has 0 N–H and O–H groups in total. The zero-order valence-electron chi connectivity index (χ0n) is 53.2. The zero-order valence-corrected chi connectivity index (χ0v) is 54.8. The quantitative estimate of drug-likeness (QED) is 0.0339. The molecule has 7 rings (SSSR count). The van der Waals surface area contributed by atoms with Gasteiger partial charge in [-0.25, -0.2) is 0 Å². The van der Waals surface area contributed by atoms with Gasteiger partial charge in [0.15, 0.2) is 0 Å². The molecule has 0 saturated carbocycles. The summed E-state index contributed by atoms with van der Waals surface area (Å²) in [5.41, 5.74) is 7.36. The molecule has 450 valence electrons. The van der Waals surface area contributed by atoms with Crippen molar-refractivity contribution in [1.82, 2.24) is 19.6 Å². The molecule has 83 heavy (non-hydrogen) atoms. The first kappa shape index (κ1) is 65.2. The van der Waals surface area contributed by atoms with Crippen molar-refractivity contribution in [3.05, 3.63) is 128 Å². The number of amides is 4. The van der Waals surface area contributed by atoms with Crippen molar-refractivity contribution < 1.29 is 19.2 Å².